The molecule has 1 amide bonds. The van der Waals surface area contributed by atoms with Crippen LogP contribution in [0.25, 0.3) is 0 Å². The van der Waals surface area contributed by atoms with E-state index in [0.29, 0.717) is 5.69 Å². The Hall–Kier alpha value is -2.11. The highest BCUT2D eigenvalue weighted by Gasteiger charge is 2.19. The van der Waals surface area contributed by atoms with E-state index >= 15 is 0 Å². The van der Waals surface area contributed by atoms with Crippen LogP contribution in [0.3, 0.4) is 0 Å². The number of piperidine rings is 1. The molecule has 6 heteroatoms. The number of nitro groups is 1. The largest absolute Gasteiger partial charge is 0.370 e. The Kier molecular flexibility index (Phi) is 4.55. The smallest absolute Gasteiger partial charge is 0.292 e. The van der Waals surface area contributed by atoms with Gasteiger partial charge in [-0.15, -0.1) is 0 Å². The average molecular weight is 277 g/mol. The number of nitro benzene ring substituents is 1. The van der Waals surface area contributed by atoms with Gasteiger partial charge in [-0.05, 0) is 31.7 Å². The molecule has 0 aliphatic carbocycles. The number of likely N-dealkylation sites (tertiary alicyclic amines) is 1. The normalized spacial score (nSPS) is 14.9. The van der Waals surface area contributed by atoms with Crippen LogP contribution < -0.4 is 5.32 Å². The molecule has 108 valence electrons. The van der Waals surface area contributed by atoms with Gasteiger partial charge in [0.15, 0.2) is 0 Å². The third kappa shape index (κ3) is 3.26. The van der Waals surface area contributed by atoms with E-state index in [1.54, 1.807) is 19.1 Å². The summed E-state index contributed by atoms with van der Waals surface area (Å²) in [5, 5.41) is 13.9. The van der Waals surface area contributed by atoms with Gasteiger partial charge >= 0.3 is 0 Å². The minimum absolute atomic E-state index is 0.00208. The first-order chi connectivity index (χ1) is 9.59. The predicted molar refractivity (Wildman–Crippen MR) is 76.8 cm³/mol. The van der Waals surface area contributed by atoms with Gasteiger partial charge in [0.2, 0.25) is 5.91 Å². The fraction of sp³-hybridized carbons (Fsp3) is 0.500. The van der Waals surface area contributed by atoms with E-state index in [4.69, 9.17) is 0 Å². The number of hydrogen-bond donors (Lipinski definition) is 1. The third-order valence-electron chi connectivity index (χ3n) is 3.57. The van der Waals surface area contributed by atoms with Crippen molar-refractivity contribution >= 4 is 17.3 Å². The summed E-state index contributed by atoms with van der Waals surface area (Å²) in [7, 11) is 0. The molecule has 0 spiro atoms. The van der Waals surface area contributed by atoms with Crippen molar-refractivity contribution < 1.29 is 9.72 Å². The van der Waals surface area contributed by atoms with Gasteiger partial charge in [-0.3, -0.25) is 14.9 Å². The molecule has 0 bridgehead atoms. The summed E-state index contributed by atoms with van der Waals surface area (Å²) >= 11 is 0. The Morgan fingerprint density at radius 2 is 2.05 bits per heavy atom. The number of para-hydroxylation sites is 1. The summed E-state index contributed by atoms with van der Waals surface area (Å²) in [6.07, 6.45) is 3.24. The standard InChI is InChI=1S/C14H19N3O3/c1-11-6-5-7-12(17(19)20)14(11)15-10-13(18)16-8-3-2-4-9-16/h5-7,15H,2-4,8-10H2,1H3. The van der Waals surface area contributed by atoms with Crippen molar-refractivity contribution in [3.8, 4) is 0 Å². The first-order valence-corrected chi connectivity index (χ1v) is 6.85. The molecule has 0 radical (unpaired) electrons. The maximum absolute atomic E-state index is 12.1. The van der Waals surface area contributed by atoms with Crippen molar-refractivity contribution in [1.29, 1.82) is 0 Å². The summed E-state index contributed by atoms with van der Waals surface area (Å²) in [6, 6.07) is 4.88. The minimum Gasteiger partial charge on any atom is -0.370 e. The number of anilines is 1. The van der Waals surface area contributed by atoms with E-state index in [1.807, 2.05) is 4.90 Å². The van der Waals surface area contributed by atoms with Gasteiger partial charge in [0.1, 0.15) is 5.69 Å². The van der Waals surface area contributed by atoms with Crippen molar-refractivity contribution in [3.05, 3.63) is 33.9 Å². The van der Waals surface area contributed by atoms with E-state index in [1.165, 1.54) is 12.5 Å². The number of hydrogen-bond acceptors (Lipinski definition) is 4. The average Bonchev–Trinajstić information content (AvgIpc) is 2.46. The van der Waals surface area contributed by atoms with Gasteiger partial charge in [-0.25, -0.2) is 0 Å². The van der Waals surface area contributed by atoms with Crippen molar-refractivity contribution in [2.75, 3.05) is 25.0 Å². The van der Waals surface area contributed by atoms with Gasteiger partial charge in [-0.1, -0.05) is 12.1 Å². The Balaban J connectivity index is 2.03. The number of benzene rings is 1. The molecule has 1 aliphatic rings. The van der Waals surface area contributed by atoms with E-state index in [2.05, 4.69) is 5.32 Å². The fourth-order valence-corrected chi connectivity index (χ4v) is 2.45. The van der Waals surface area contributed by atoms with Crippen LogP contribution >= 0.6 is 0 Å². The first-order valence-electron chi connectivity index (χ1n) is 6.85. The van der Waals surface area contributed by atoms with Crippen molar-refractivity contribution in [2.45, 2.75) is 26.2 Å². The van der Waals surface area contributed by atoms with Gasteiger partial charge in [0.25, 0.3) is 5.69 Å². The number of carbonyl (C=O) groups is 1. The molecular weight excluding hydrogens is 258 g/mol. The summed E-state index contributed by atoms with van der Waals surface area (Å²) in [5.74, 6) is 0.00208. The molecule has 1 aliphatic heterocycles. The molecule has 1 saturated heterocycles. The van der Waals surface area contributed by atoms with Gasteiger partial charge in [0.05, 0.1) is 11.5 Å². The summed E-state index contributed by atoms with van der Waals surface area (Å²) < 4.78 is 0. The molecule has 20 heavy (non-hydrogen) atoms. The number of nitrogens with one attached hydrogen (secondary N) is 1. The zero-order chi connectivity index (χ0) is 14.5. The van der Waals surface area contributed by atoms with Crippen LogP contribution in [0.15, 0.2) is 18.2 Å². The number of carbonyl (C=O) groups excluding carboxylic acids is 1. The Morgan fingerprint density at radius 3 is 2.70 bits per heavy atom. The highest BCUT2D eigenvalue weighted by atomic mass is 16.6. The number of rotatable bonds is 4. The van der Waals surface area contributed by atoms with E-state index in [0.717, 1.165) is 31.5 Å². The van der Waals surface area contributed by atoms with E-state index in [-0.39, 0.29) is 18.1 Å². The molecule has 1 aromatic carbocycles. The zero-order valence-corrected chi connectivity index (χ0v) is 11.6. The Labute approximate surface area is 117 Å². The van der Waals surface area contributed by atoms with E-state index in [9.17, 15) is 14.9 Å². The molecular formula is C14H19N3O3. The van der Waals surface area contributed by atoms with Crippen LogP contribution in [0.2, 0.25) is 0 Å². The SMILES string of the molecule is Cc1cccc([N+](=O)[O-])c1NCC(=O)N1CCCCC1. The molecule has 0 aromatic heterocycles. The van der Waals surface area contributed by atoms with Gasteiger partial charge < -0.3 is 10.2 Å². The highest BCUT2D eigenvalue weighted by Crippen LogP contribution is 2.27. The maximum Gasteiger partial charge on any atom is 0.292 e. The van der Waals surface area contributed by atoms with Crippen LogP contribution in [0.5, 0.6) is 0 Å². The van der Waals surface area contributed by atoms with Gasteiger partial charge in [-0.2, -0.15) is 0 Å². The zero-order valence-electron chi connectivity index (χ0n) is 11.6. The van der Waals surface area contributed by atoms with Crippen molar-refractivity contribution in [1.82, 2.24) is 4.90 Å². The summed E-state index contributed by atoms with van der Waals surface area (Å²) in [5.41, 5.74) is 1.21. The second-order valence-electron chi connectivity index (χ2n) is 5.02. The maximum atomic E-state index is 12.1. The molecule has 0 atom stereocenters. The summed E-state index contributed by atoms with van der Waals surface area (Å²) in [6.45, 7) is 3.47. The van der Waals surface area contributed by atoms with Crippen LogP contribution in [-0.2, 0) is 4.79 Å². The lowest BCUT2D eigenvalue weighted by Gasteiger charge is -2.27. The molecule has 2 rings (SSSR count). The second-order valence-corrected chi connectivity index (χ2v) is 5.02. The molecule has 0 saturated carbocycles. The predicted octanol–water partition coefficient (Wildman–Crippen LogP) is 2.33. The Morgan fingerprint density at radius 1 is 1.35 bits per heavy atom. The summed E-state index contributed by atoms with van der Waals surface area (Å²) in [4.78, 5) is 24.4. The van der Waals surface area contributed by atoms with Crippen LogP contribution in [-0.4, -0.2) is 35.4 Å². The fourth-order valence-electron chi connectivity index (χ4n) is 2.45. The van der Waals surface area contributed by atoms with Gasteiger partial charge in [0, 0.05) is 19.2 Å². The van der Waals surface area contributed by atoms with Crippen LogP contribution in [0, 0.1) is 17.0 Å². The number of aryl methyl sites for hydroxylation is 1. The topological polar surface area (TPSA) is 75.5 Å². The lowest BCUT2D eigenvalue weighted by atomic mass is 10.1. The second kappa shape index (κ2) is 6.36. The van der Waals surface area contributed by atoms with Crippen LogP contribution in [0.4, 0.5) is 11.4 Å². The lowest BCUT2D eigenvalue weighted by Crippen LogP contribution is -2.39. The quantitative estimate of drug-likeness (QED) is 0.677. The van der Waals surface area contributed by atoms with E-state index < -0.39 is 4.92 Å². The highest BCUT2D eigenvalue weighted by molar-refractivity contribution is 5.82. The molecule has 1 heterocycles. The molecule has 0 unspecified atom stereocenters. The molecule has 1 N–H and O–H groups in total. The molecule has 1 fully saturated rings. The number of nitrogens with zero attached hydrogens (tertiary/aromatic N) is 2. The third-order valence-corrected chi connectivity index (χ3v) is 3.57. The van der Waals surface area contributed by atoms with Crippen LogP contribution in [0.1, 0.15) is 24.8 Å². The monoisotopic (exact) mass is 277 g/mol. The minimum atomic E-state index is -0.430. The first kappa shape index (κ1) is 14.3. The Bertz CT molecular complexity index is 510. The van der Waals surface area contributed by atoms with Crippen molar-refractivity contribution in [3.63, 3.8) is 0 Å². The number of amides is 1. The lowest BCUT2D eigenvalue weighted by molar-refractivity contribution is -0.384. The molecule has 1 aromatic rings. The van der Waals surface area contributed by atoms with Crippen molar-refractivity contribution in [2.24, 2.45) is 0 Å². The molecule has 6 nitrogen and oxygen atoms in total.